The normalized spacial score (nSPS) is 14.2. The van der Waals surface area contributed by atoms with Crippen LogP contribution in [0.4, 0.5) is 0 Å². The Kier molecular flexibility index (Phi) is 3.54. The fourth-order valence-electron chi connectivity index (χ4n) is 1.97. The predicted molar refractivity (Wildman–Crippen MR) is 61.8 cm³/mol. The van der Waals surface area contributed by atoms with Crippen molar-refractivity contribution in [2.75, 3.05) is 13.7 Å². The Hall–Kier alpha value is -0.670. The molecule has 3 heteroatoms. The van der Waals surface area contributed by atoms with Gasteiger partial charge >= 0.3 is 0 Å². The monoisotopic (exact) mass is 224 g/mol. The predicted octanol–water partition coefficient (Wildman–Crippen LogP) is 2.85. The van der Waals surface area contributed by atoms with E-state index in [0.29, 0.717) is 13.0 Å². The molecule has 0 aromatic carbocycles. The lowest BCUT2D eigenvalue weighted by Gasteiger charge is -1.97. The van der Waals surface area contributed by atoms with Crippen molar-refractivity contribution >= 4 is 17.1 Å². The molecule has 0 saturated carbocycles. The zero-order chi connectivity index (χ0) is 10.7. The lowest BCUT2D eigenvalue weighted by molar-refractivity contribution is 0.0967. The molecule has 0 spiro atoms. The third kappa shape index (κ3) is 2.47. The number of carbonyl (C=O) groups is 1. The molecule has 0 N–H and O–H groups in total. The number of Topliss-reactive ketones (excluding diaryl/α,β-unsaturated/α-hetero) is 1. The number of thiophene rings is 1. The summed E-state index contributed by atoms with van der Waals surface area (Å²) in [4.78, 5) is 14.2. The van der Waals surface area contributed by atoms with Gasteiger partial charge in [-0.2, -0.15) is 0 Å². The van der Waals surface area contributed by atoms with Crippen LogP contribution in [-0.4, -0.2) is 19.5 Å². The highest BCUT2D eigenvalue weighted by molar-refractivity contribution is 7.14. The van der Waals surface area contributed by atoms with Crippen LogP contribution in [0, 0.1) is 0 Å². The maximum Gasteiger partial charge on any atom is 0.172 e. The standard InChI is InChI=1S/C12H16O2S/c1-14-7-3-5-10(13)12-8-9-4-2-6-11(9)15-12/h8H,2-7H2,1H3. The number of methoxy groups -OCH3 is 1. The molecule has 0 unspecified atom stereocenters. The smallest absolute Gasteiger partial charge is 0.172 e. The van der Waals surface area contributed by atoms with E-state index in [1.54, 1.807) is 18.4 Å². The summed E-state index contributed by atoms with van der Waals surface area (Å²) in [5.41, 5.74) is 1.41. The summed E-state index contributed by atoms with van der Waals surface area (Å²) in [6.07, 6.45) is 5.05. The van der Waals surface area contributed by atoms with Gasteiger partial charge in [0.1, 0.15) is 0 Å². The molecule has 1 heterocycles. The Morgan fingerprint density at radius 1 is 1.53 bits per heavy atom. The van der Waals surface area contributed by atoms with Gasteiger partial charge in [-0.05, 0) is 37.3 Å². The number of hydrogen-bond acceptors (Lipinski definition) is 3. The first-order valence-corrected chi connectivity index (χ1v) is 6.26. The largest absolute Gasteiger partial charge is 0.385 e. The average molecular weight is 224 g/mol. The van der Waals surface area contributed by atoms with E-state index in [0.717, 1.165) is 17.7 Å². The molecule has 0 bridgehead atoms. The molecule has 2 nitrogen and oxygen atoms in total. The summed E-state index contributed by atoms with van der Waals surface area (Å²) in [5.74, 6) is 0.284. The second-order valence-electron chi connectivity index (χ2n) is 3.93. The van der Waals surface area contributed by atoms with Crippen molar-refractivity contribution in [3.8, 4) is 0 Å². The van der Waals surface area contributed by atoms with Gasteiger partial charge in [0, 0.05) is 25.0 Å². The van der Waals surface area contributed by atoms with Crippen LogP contribution in [-0.2, 0) is 17.6 Å². The lowest BCUT2D eigenvalue weighted by Crippen LogP contribution is -1.99. The molecular formula is C12H16O2S. The highest BCUT2D eigenvalue weighted by Gasteiger charge is 2.17. The van der Waals surface area contributed by atoms with Gasteiger partial charge in [-0.3, -0.25) is 4.79 Å². The van der Waals surface area contributed by atoms with Crippen LogP contribution < -0.4 is 0 Å². The van der Waals surface area contributed by atoms with Gasteiger partial charge in [-0.25, -0.2) is 0 Å². The summed E-state index contributed by atoms with van der Waals surface area (Å²) in [5, 5.41) is 0. The Balaban J connectivity index is 1.94. The van der Waals surface area contributed by atoms with E-state index >= 15 is 0 Å². The van der Waals surface area contributed by atoms with Gasteiger partial charge in [-0.15, -0.1) is 11.3 Å². The van der Waals surface area contributed by atoms with Gasteiger partial charge in [0.05, 0.1) is 4.88 Å². The molecule has 1 aromatic rings. The zero-order valence-electron chi connectivity index (χ0n) is 9.04. The maximum atomic E-state index is 11.8. The molecule has 0 atom stereocenters. The van der Waals surface area contributed by atoms with Gasteiger partial charge in [0.15, 0.2) is 5.78 Å². The number of hydrogen-bond donors (Lipinski definition) is 0. The summed E-state index contributed by atoms with van der Waals surface area (Å²) >= 11 is 1.70. The number of carbonyl (C=O) groups excluding carboxylic acids is 1. The minimum Gasteiger partial charge on any atom is -0.385 e. The lowest BCUT2D eigenvalue weighted by atomic mass is 10.1. The van der Waals surface area contributed by atoms with Crippen molar-refractivity contribution in [1.29, 1.82) is 0 Å². The van der Waals surface area contributed by atoms with Crippen molar-refractivity contribution in [1.82, 2.24) is 0 Å². The third-order valence-electron chi connectivity index (χ3n) is 2.77. The van der Waals surface area contributed by atoms with Gasteiger partial charge in [0.2, 0.25) is 0 Å². The van der Waals surface area contributed by atoms with Crippen LogP contribution in [0.15, 0.2) is 6.07 Å². The van der Waals surface area contributed by atoms with Crippen molar-refractivity contribution in [2.24, 2.45) is 0 Å². The summed E-state index contributed by atoms with van der Waals surface area (Å²) < 4.78 is 4.94. The minimum absolute atomic E-state index is 0.284. The molecule has 2 rings (SSSR count). The van der Waals surface area contributed by atoms with E-state index in [1.807, 2.05) is 0 Å². The second kappa shape index (κ2) is 4.90. The molecule has 15 heavy (non-hydrogen) atoms. The van der Waals surface area contributed by atoms with Gasteiger partial charge in [0.25, 0.3) is 0 Å². The van der Waals surface area contributed by atoms with Crippen molar-refractivity contribution < 1.29 is 9.53 Å². The Morgan fingerprint density at radius 3 is 3.13 bits per heavy atom. The van der Waals surface area contributed by atoms with Crippen LogP contribution >= 0.6 is 11.3 Å². The molecule has 1 aliphatic rings. The van der Waals surface area contributed by atoms with Gasteiger partial charge in [-0.1, -0.05) is 0 Å². The molecule has 1 aliphatic carbocycles. The van der Waals surface area contributed by atoms with E-state index in [9.17, 15) is 4.79 Å². The van der Waals surface area contributed by atoms with Crippen LogP contribution in [0.25, 0.3) is 0 Å². The van der Waals surface area contributed by atoms with Crippen molar-refractivity contribution in [3.63, 3.8) is 0 Å². The Labute approximate surface area is 94.3 Å². The zero-order valence-corrected chi connectivity index (χ0v) is 9.86. The van der Waals surface area contributed by atoms with Crippen LogP contribution in [0.2, 0.25) is 0 Å². The molecule has 1 aromatic heterocycles. The third-order valence-corrected chi connectivity index (χ3v) is 4.05. The highest BCUT2D eigenvalue weighted by Crippen LogP contribution is 2.31. The number of rotatable bonds is 5. The number of ether oxygens (including phenoxy) is 1. The molecule has 0 fully saturated rings. The van der Waals surface area contributed by atoms with E-state index in [2.05, 4.69) is 6.07 Å². The van der Waals surface area contributed by atoms with Crippen LogP contribution in [0.1, 0.15) is 39.4 Å². The maximum absolute atomic E-state index is 11.8. The van der Waals surface area contributed by atoms with Crippen molar-refractivity contribution in [3.05, 3.63) is 21.4 Å². The number of fused-ring (bicyclic) bond motifs is 1. The summed E-state index contributed by atoms with van der Waals surface area (Å²) in [7, 11) is 1.67. The van der Waals surface area contributed by atoms with Crippen LogP contribution in [0.5, 0.6) is 0 Å². The van der Waals surface area contributed by atoms with Gasteiger partial charge < -0.3 is 4.74 Å². The number of ketones is 1. The first-order valence-electron chi connectivity index (χ1n) is 5.45. The van der Waals surface area contributed by atoms with Crippen LogP contribution in [0.3, 0.4) is 0 Å². The van der Waals surface area contributed by atoms with E-state index in [4.69, 9.17) is 4.74 Å². The van der Waals surface area contributed by atoms with E-state index in [-0.39, 0.29) is 5.78 Å². The van der Waals surface area contributed by atoms with E-state index < -0.39 is 0 Å². The van der Waals surface area contributed by atoms with E-state index in [1.165, 1.54) is 23.3 Å². The Morgan fingerprint density at radius 2 is 2.40 bits per heavy atom. The highest BCUT2D eigenvalue weighted by atomic mass is 32.1. The average Bonchev–Trinajstić information content (AvgIpc) is 2.76. The molecule has 0 saturated heterocycles. The molecule has 0 amide bonds. The second-order valence-corrected chi connectivity index (χ2v) is 5.07. The first kappa shape index (κ1) is 10.8. The molecular weight excluding hydrogens is 208 g/mol. The topological polar surface area (TPSA) is 26.3 Å². The first-order chi connectivity index (χ1) is 7.31. The quantitative estimate of drug-likeness (QED) is 0.568. The SMILES string of the molecule is COCCCC(=O)c1cc2c(s1)CCC2. The minimum atomic E-state index is 0.284. The summed E-state index contributed by atoms with van der Waals surface area (Å²) in [6.45, 7) is 0.677. The fourth-order valence-corrected chi connectivity index (χ4v) is 3.19. The molecule has 0 aliphatic heterocycles. The Bertz CT molecular complexity index is 333. The van der Waals surface area contributed by atoms with Crippen molar-refractivity contribution in [2.45, 2.75) is 32.1 Å². The number of aryl methyl sites for hydroxylation is 2. The summed E-state index contributed by atoms with van der Waals surface area (Å²) in [6, 6.07) is 2.10. The molecule has 0 radical (unpaired) electrons. The fraction of sp³-hybridized carbons (Fsp3) is 0.583. The molecule has 82 valence electrons.